The lowest BCUT2D eigenvalue weighted by molar-refractivity contribution is 0.00386. The normalized spacial score (nSPS) is 30.1. The van der Waals surface area contributed by atoms with Gasteiger partial charge in [0, 0.05) is 12.0 Å². The van der Waals surface area contributed by atoms with Gasteiger partial charge in [-0.05, 0) is 44.3 Å². The zero-order chi connectivity index (χ0) is 13.8. The van der Waals surface area contributed by atoms with Gasteiger partial charge in [-0.15, -0.1) is 0 Å². The number of aliphatic hydroxyl groups excluding tert-OH is 1. The lowest BCUT2D eigenvalue weighted by Crippen LogP contribution is -2.46. The summed E-state index contributed by atoms with van der Waals surface area (Å²) >= 11 is 0. The highest BCUT2D eigenvalue weighted by molar-refractivity contribution is 5.18. The predicted molar refractivity (Wildman–Crippen MR) is 82.6 cm³/mol. The van der Waals surface area contributed by atoms with Gasteiger partial charge in [-0.1, -0.05) is 49.6 Å². The van der Waals surface area contributed by atoms with E-state index in [1.165, 1.54) is 58.0 Å². The van der Waals surface area contributed by atoms with Crippen LogP contribution >= 0.6 is 0 Å². The fraction of sp³-hybridized carbons (Fsp3) is 0.667. The van der Waals surface area contributed by atoms with Crippen LogP contribution < -0.4 is 0 Å². The average molecular weight is 273 g/mol. The van der Waals surface area contributed by atoms with Gasteiger partial charge in [-0.2, -0.15) is 0 Å². The molecule has 1 heterocycles. The Balaban J connectivity index is 1.74. The second-order valence-corrected chi connectivity index (χ2v) is 6.47. The number of nitrogens with zero attached hydrogens (tertiary/aromatic N) is 1. The molecule has 3 atom stereocenters. The zero-order valence-corrected chi connectivity index (χ0v) is 12.4. The first-order valence-electron chi connectivity index (χ1n) is 8.33. The third-order valence-corrected chi connectivity index (χ3v) is 5.19. The molecule has 1 saturated carbocycles. The maximum absolute atomic E-state index is 10.8. The first-order valence-corrected chi connectivity index (χ1v) is 8.33. The molecule has 0 amide bonds. The van der Waals surface area contributed by atoms with Gasteiger partial charge in [0.25, 0.3) is 0 Å². The molecule has 20 heavy (non-hydrogen) atoms. The lowest BCUT2D eigenvalue weighted by atomic mass is 9.77. The number of benzene rings is 1. The number of hydrogen-bond acceptors (Lipinski definition) is 2. The summed E-state index contributed by atoms with van der Waals surface area (Å²) in [6.45, 7) is 2.48. The predicted octanol–water partition coefficient (Wildman–Crippen LogP) is 3.76. The molecule has 2 aliphatic rings. The third-order valence-electron chi connectivity index (χ3n) is 5.19. The Morgan fingerprint density at radius 3 is 2.35 bits per heavy atom. The highest BCUT2D eigenvalue weighted by atomic mass is 16.3. The van der Waals surface area contributed by atoms with Crippen molar-refractivity contribution in [1.29, 1.82) is 0 Å². The van der Waals surface area contributed by atoms with Gasteiger partial charge in [0.2, 0.25) is 0 Å². The average Bonchev–Trinajstić information content (AvgIpc) is 2.56. The van der Waals surface area contributed by atoms with E-state index in [9.17, 15) is 5.11 Å². The van der Waals surface area contributed by atoms with Crippen LogP contribution in [0.4, 0.5) is 0 Å². The molecule has 110 valence electrons. The molecule has 0 bridgehead atoms. The highest BCUT2D eigenvalue weighted by Crippen LogP contribution is 2.38. The summed E-state index contributed by atoms with van der Waals surface area (Å²) in [6.07, 6.45) is 8.83. The van der Waals surface area contributed by atoms with Gasteiger partial charge in [0.15, 0.2) is 0 Å². The minimum absolute atomic E-state index is 0.288. The first kappa shape index (κ1) is 14.1. The Hall–Kier alpha value is -0.860. The first-order chi connectivity index (χ1) is 9.86. The van der Waals surface area contributed by atoms with E-state index < -0.39 is 0 Å². The molecule has 2 nitrogen and oxygen atoms in total. The number of likely N-dealkylation sites (tertiary alicyclic amines) is 1. The van der Waals surface area contributed by atoms with Crippen molar-refractivity contribution in [2.75, 3.05) is 13.1 Å². The molecule has 0 unspecified atom stereocenters. The Labute approximate surface area is 122 Å². The molecule has 0 radical (unpaired) electrons. The van der Waals surface area contributed by atoms with Crippen LogP contribution in [0.5, 0.6) is 0 Å². The van der Waals surface area contributed by atoms with Crippen molar-refractivity contribution in [2.24, 2.45) is 5.92 Å². The van der Waals surface area contributed by atoms with Crippen molar-refractivity contribution in [1.82, 2.24) is 4.90 Å². The second kappa shape index (κ2) is 6.73. The minimum atomic E-state index is -0.288. The van der Waals surface area contributed by atoms with E-state index in [0.717, 1.165) is 5.56 Å². The maximum Gasteiger partial charge on any atom is 0.0833 e. The standard InChI is InChI=1S/C18H27NO/c20-18(15-9-3-1-4-10-15)16-11-5-6-12-17(16)19-13-7-2-8-14-19/h1,3-4,9-10,16-18,20H,2,5-8,11-14H2/t16-,17-,18+/m1/s1. The lowest BCUT2D eigenvalue weighted by Gasteiger charge is -2.43. The molecule has 1 saturated heterocycles. The van der Waals surface area contributed by atoms with Crippen LogP contribution in [0.15, 0.2) is 30.3 Å². The summed E-state index contributed by atoms with van der Waals surface area (Å²) in [5.74, 6) is 0.421. The molecule has 2 fully saturated rings. The molecule has 1 aromatic carbocycles. The van der Waals surface area contributed by atoms with Crippen molar-refractivity contribution in [3.63, 3.8) is 0 Å². The van der Waals surface area contributed by atoms with Crippen molar-refractivity contribution >= 4 is 0 Å². The molecular formula is C18H27NO. The van der Waals surface area contributed by atoms with Gasteiger partial charge in [0.05, 0.1) is 6.10 Å². The van der Waals surface area contributed by atoms with E-state index >= 15 is 0 Å². The fourth-order valence-electron chi connectivity index (χ4n) is 4.11. The van der Waals surface area contributed by atoms with Crippen LogP contribution in [0.25, 0.3) is 0 Å². The quantitative estimate of drug-likeness (QED) is 0.906. The molecule has 1 aliphatic heterocycles. The van der Waals surface area contributed by atoms with E-state index in [0.29, 0.717) is 12.0 Å². The molecular weight excluding hydrogens is 246 g/mol. The van der Waals surface area contributed by atoms with Crippen LogP contribution in [-0.2, 0) is 0 Å². The van der Waals surface area contributed by atoms with Gasteiger partial charge in [-0.3, -0.25) is 0 Å². The number of rotatable bonds is 3. The highest BCUT2D eigenvalue weighted by Gasteiger charge is 2.35. The second-order valence-electron chi connectivity index (χ2n) is 6.47. The molecule has 0 aromatic heterocycles. The largest absolute Gasteiger partial charge is 0.388 e. The smallest absolute Gasteiger partial charge is 0.0833 e. The maximum atomic E-state index is 10.8. The number of aliphatic hydroxyl groups is 1. The SMILES string of the molecule is O[C@@H](c1ccccc1)[C@@H]1CCCC[C@H]1N1CCCCC1. The summed E-state index contributed by atoms with van der Waals surface area (Å²) < 4.78 is 0. The van der Waals surface area contributed by atoms with Crippen molar-refractivity contribution in [3.05, 3.63) is 35.9 Å². The third kappa shape index (κ3) is 3.07. The summed E-state index contributed by atoms with van der Waals surface area (Å²) in [4.78, 5) is 2.67. The number of piperidine rings is 1. The molecule has 0 spiro atoms. The Morgan fingerprint density at radius 1 is 0.900 bits per heavy atom. The Kier molecular flexibility index (Phi) is 4.74. The van der Waals surface area contributed by atoms with Crippen LogP contribution in [0.2, 0.25) is 0 Å². The summed E-state index contributed by atoms with van der Waals surface area (Å²) in [7, 11) is 0. The fourth-order valence-corrected chi connectivity index (χ4v) is 4.11. The number of hydrogen-bond donors (Lipinski definition) is 1. The minimum Gasteiger partial charge on any atom is -0.388 e. The molecule has 1 aromatic rings. The van der Waals surface area contributed by atoms with Crippen molar-refractivity contribution in [2.45, 2.75) is 57.1 Å². The monoisotopic (exact) mass is 273 g/mol. The van der Waals surface area contributed by atoms with Crippen LogP contribution in [0.1, 0.15) is 56.6 Å². The van der Waals surface area contributed by atoms with Gasteiger partial charge in [0.1, 0.15) is 0 Å². The van der Waals surface area contributed by atoms with E-state index in [4.69, 9.17) is 0 Å². The van der Waals surface area contributed by atoms with E-state index in [2.05, 4.69) is 17.0 Å². The van der Waals surface area contributed by atoms with Crippen molar-refractivity contribution < 1.29 is 5.11 Å². The Morgan fingerprint density at radius 2 is 1.60 bits per heavy atom. The molecule has 2 heteroatoms. The van der Waals surface area contributed by atoms with E-state index in [1.807, 2.05) is 18.2 Å². The summed E-state index contributed by atoms with van der Waals surface area (Å²) in [6, 6.07) is 10.9. The molecule has 1 N–H and O–H groups in total. The van der Waals surface area contributed by atoms with Gasteiger partial charge in [-0.25, -0.2) is 0 Å². The van der Waals surface area contributed by atoms with Crippen LogP contribution in [0, 0.1) is 5.92 Å². The summed E-state index contributed by atoms with van der Waals surface area (Å²) in [5, 5.41) is 10.8. The van der Waals surface area contributed by atoms with E-state index in [1.54, 1.807) is 0 Å². The summed E-state index contributed by atoms with van der Waals surface area (Å²) in [5.41, 5.74) is 1.10. The molecule has 1 aliphatic carbocycles. The van der Waals surface area contributed by atoms with E-state index in [-0.39, 0.29) is 6.10 Å². The molecule has 3 rings (SSSR count). The zero-order valence-electron chi connectivity index (χ0n) is 12.4. The van der Waals surface area contributed by atoms with Gasteiger partial charge >= 0.3 is 0 Å². The van der Waals surface area contributed by atoms with Crippen LogP contribution in [-0.4, -0.2) is 29.1 Å². The topological polar surface area (TPSA) is 23.5 Å². The van der Waals surface area contributed by atoms with Gasteiger partial charge < -0.3 is 10.0 Å². The Bertz CT molecular complexity index is 399. The van der Waals surface area contributed by atoms with Crippen molar-refractivity contribution in [3.8, 4) is 0 Å². The van der Waals surface area contributed by atoms with Crippen LogP contribution in [0.3, 0.4) is 0 Å².